The largest absolute Gasteiger partial charge is 0.377 e. The van der Waals surface area contributed by atoms with Gasteiger partial charge in [0, 0.05) is 33.0 Å². The van der Waals surface area contributed by atoms with E-state index >= 15 is 0 Å². The molecule has 0 aliphatic carbocycles. The van der Waals surface area contributed by atoms with Crippen LogP contribution in [0.4, 0.5) is 0 Å². The minimum absolute atomic E-state index is 0.367. The molecule has 0 saturated carbocycles. The van der Waals surface area contributed by atoms with E-state index in [0.717, 1.165) is 22.3 Å². The SMILES string of the molecule is CCOCc1ccc(CNC(=NC)NCc2ccc(S(C)(=O)=O)c(C)c2)cc1. The van der Waals surface area contributed by atoms with Crippen molar-refractivity contribution in [1.82, 2.24) is 10.6 Å². The predicted molar refractivity (Wildman–Crippen MR) is 113 cm³/mol. The molecule has 0 unspecified atom stereocenters. The Morgan fingerprint density at radius 3 is 2.11 bits per heavy atom. The third-order valence-corrected chi connectivity index (χ3v) is 5.54. The number of aliphatic imine (C=N–C) groups is 1. The van der Waals surface area contributed by atoms with Gasteiger partial charge in [-0.3, -0.25) is 4.99 Å². The number of aryl methyl sites for hydroxylation is 1. The van der Waals surface area contributed by atoms with Crippen molar-refractivity contribution in [1.29, 1.82) is 0 Å². The van der Waals surface area contributed by atoms with Crippen LogP contribution in [0.3, 0.4) is 0 Å². The molecule has 0 radical (unpaired) electrons. The monoisotopic (exact) mass is 403 g/mol. The van der Waals surface area contributed by atoms with Crippen LogP contribution in [0, 0.1) is 6.92 Å². The highest BCUT2D eigenvalue weighted by atomic mass is 32.2. The molecule has 0 heterocycles. The van der Waals surface area contributed by atoms with Gasteiger partial charge in [0.1, 0.15) is 0 Å². The number of hydrogen-bond acceptors (Lipinski definition) is 4. The Bertz CT molecular complexity index is 907. The van der Waals surface area contributed by atoms with Gasteiger partial charge in [0.2, 0.25) is 0 Å². The predicted octanol–water partition coefficient (Wildman–Crippen LogP) is 2.80. The summed E-state index contributed by atoms with van der Waals surface area (Å²) in [5.41, 5.74) is 4.04. The smallest absolute Gasteiger partial charge is 0.191 e. The summed E-state index contributed by atoms with van der Waals surface area (Å²) in [5.74, 6) is 0.684. The Morgan fingerprint density at radius 2 is 1.57 bits per heavy atom. The number of ether oxygens (including phenoxy) is 1. The molecule has 0 aliphatic heterocycles. The number of nitrogens with one attached hydrogen (secondary N) is 2. The molecule has 28 heavy (non-hydrogen) atoms. The maximum Gasteiger partial charge on any atom is 0.191 e. The van der Waals surface area contributed by atoms with Gasteiger partial charge in [-0.15, -0.1) is 0 Å². The maximum absolute atomic E-state index is 11.7. The van der Waals surface area contributed by atoms with Crippen LogP contribution in [0.2, 0.25) is 0 Å². The van der Waals surface area contributed by atoms with E-state index in [-0.39, 0.29) is 0 Å². The van der Waals surface area contributed by atoms with Gasteiger partial charge in [-0.25, -0.2) is 8.42 Å². The summed E-state index contributed by atoms with van der Waals surface area (Å²) < 4.78 is 28.8. The molecular weight excluding hydrogens is 374 g/mol. The number of rotatable bonds is 8. The second-order valence-corrected chi connectivity index (χ2v) is 8.59. The van der Waals surface area contributed by atoms with Gasteiger partial charge in [0.05, 0.1) is 11.5 Å². The first kappa shape index (κ1) is 21.9. The van der Waals surface area contributed by atoms with Gasteiger partial charge in [0.15, 0.2) is 15.8 Å². The molecule has 0 saturated heterocycles. The first-order valence-corrected chi connectivity index (χ1v) is 11.1. The zero-order chi connectivity index (χ0) is 20.6. The molecule has 0 amide bonds. The van der Waals surface area contributed by atoms with Crippen LogP contribution in [0.5, 0.6) is 0 Å². The quantitative estimate of drug-likeness (QED) is 0.523. The molecule has 2 aromatic rings. The topological polar surface area (TPSA) is 79.8 Å². The summed E-state index contributed by atoms with van der Waals surface area (Å²) in [6.07, 6.45) is 1.22. The van der Waals surface area contributed by atoms with Crippen LogP contribution in [-0.2, 0) is 34.3 Å². The van der Waals surface area contributed by atoms with Crippen LogP contribution >= 0.6 is 0 Å². The summed E-state index contributed by atoms with van der Waals surface area (Å²) in [6.45, 7) is 6.34. The Morgan fingerprint density at radius 1 is 1.00 bits per heavy atom. The first-order valence-electron chi connectivity index (χ1n) is 9.23. The highest BCUT2D eigenvalue weighted by Crippen LogP contribution is 2.16. The van der Waals surface area contributed by atoms with E-state index in [2.05, 4.69) is 39.9 Å². The van der Waals surface area contributed by atoms with E-state index in [4.69, 9.17) is 4.74 Å². The van der Waals surface area contributed by atoms with Gasteiger partial charge in [-0.05, 0) is 42.2 Å². The van der Waals surface area contributed by atoms with Crippen molar-refractivity contribution in [3.05, 3.63) is 64.7 Å². The van der Waals surface area contributed by atoms with Crippen molar-refractivity contribution in [2.75, 3.05) is 19.9 Å². The highest BCUT2D eigenvalue weighted by molar-refractivity contribution is 7.90. The second kappa shape index (κ2) is 10.2. The number of hydrogen-bond donors (Lipinski definition) is 2. The fraction of sp³-hybridized carbons (Fsp3) is 0.381. The zero-order valence-corrected chi connectivity index (χ0v) is 17.8. The third-order valence-electron chi connectivity index (χ3n) is 4.28. The minimum Gasteiger partial charge on any atom is -0.377 e. The number of benzene rings is 2. The van der Waals surface area contributed by atoms with E-state index in [0.29, 0.717) is 37.2 Å². The lowest BCUT2D eigenvalue weighted by molar-refractivity contribution is 0.134. The van der Waals surface area contributed by atoms with Crippen molar-refractivity contribution in [2.24, 2.45) is 4.99 Å². The lowest BCUT2D eigenvalue weighted by Crippen LogP contribution is -2.36. The average Bonchev–Trinajstić information content (AvgIpc) is 2.66. The van der Waals surface area contributed by atoms with Crippen molar-refractivity contribution in [2.45, 2.75) is 38.4 Å². The van der Waals surface area contributed by atoms with E-state index in [9.17, 15) is 8.42 Å². The third kappa shape index (κ3) is 6.65. The molecule has 2 N–H and O–H groups in total. The van der Waals surface area contributed by atoms with E-state index < -0.39 is 9.84 Å². The molecule has 7 heteroatoms. The Hall–Kier alpha value is -2.38. The Balaban J connectivity index is 1.88. The summed E-state index contributed by atoms with van der Waals surface area (Å²) in [4.78, 5) is 4.60. The van der Waals surface area contributed by atoms with Crippen LogP contribution < -0.4 is 10.6 Å². The van der Waals surface area contributed by atoms with Crippen LogP contribution in [-0.4, -0.2) is 34.3 Å². The molecule has 0 fully saturated rings. The zero-order valence-electron chi connectivity index (χ0n) is 17.0. The second-order valence-electron chi connectivity index (χ2n) is 6.60. The number of sulfone groups is 1. The number of nitrogens with zero attached hydrogens (tertiary/aromatic N) is 1. The fourth-order valence-corrected chi connectivity index (χ4v) is 3.76. The first-order chi connectivity index (χ1) is 13.3. The van der Waals surface area contributed by atoms with Gasteiger partial charge in [-0.1, -0.05) is 36.4 Å². The Kier molecular flexibility index (Phi) is 8.02. The van der Waals surface area contributed by atoms with Crippen molar-refractivity contribution in [3.63, 3.8) is 0 Å². The molecule has 0 aliphatic rings. The maximum atomic E-state index is 11.7. The van der Waals surface area contributed by atoms with Crippen LogP contribution in [0.1, 0.15) is 29.2 Å². The molecule has 0 aromatic heterocycles. The van der Waals surface area contributed by atoms with Crippen molar-refractivity contribution in [3.8, 4) is 0 Å². The molecular formula is C21H29N3O3S. The summed E-state index contributed by atoms with van der Waals surface area (Å²) in [6, 6.07) is 13.6. The number of guanidine groups is 1. The van der Waals surface area contributed by atoms with Crippen LogP contribution in [0.25, 0.3) is 0 Å². The van der Waals surface area contributed by atoms with Crippen molar-refractivity contribution < 1.29 is 13.2 Å². The van der Waals surface area contributed by atoms with Crippen LogP contribution in [0.15, 0.2) is 52.4 Å². The van der Waals surface area contributed by atoms with Gasteiger partial charge in [-0.2, -0.15) is 0 Å². The fourth-order valence-electron chi connectivity index (χ4n) is 2.80. The molecule has 6 nitrogen and oxygen atoms in total. The lowest BCUT2D eigenvalue weighted by Gasteiger charge is -2.13. The molecule has 2 rings (SSSR count). The van der Waals surface area contributed by atoms with Gasteiger partial charge >= 0.3 is 0 Å². The van der Waals surface area contributed by atoms with Gasteiger partial charge < -0.3 is 15.4 Å². The molecule has 2 aromatic carbocycles. The highest BCUT2D eigenvalue weighted by Gasteiger charge is 2.11. The molecule has 0 spiro atoms. The molecule has 0 bridgehead atoms. The standard InChI is InChI=1S/C21H29N3O3S/c1-5-27-15-18-8-6-17(7-9-18)13-23-21(22-3)24-14-19-10-11-20(16(2)12-19)28(4,25)26/h6-12H,5,13-15H2,1-4H3,(H2,22,23,24). The lowest BCUT2D eigenvalue weighted by atomic mass is 10.1. The summed E-state index contributed by atoms with van der Waals surface area (Å²) >= 11 is 0. The Labute approximate surface area is 168 Å². The van der Waals surface area contributed by atoms with Gasteiger partial charge in [0.25, 0.3) is 0 Å². The molecule has 152 valence electrons. The minimum atomic E-state index is -3.20. The summed E-state index contributed by atoms with van der Waals surface area (Å²) in [7, 11) is -1.48. The van der Waals surface area contributed by atoms with E-state index in [1.165, 1.54) is 6.26 Å². The van der Waals surface area contributed by atoms with E-state index in [1.807, 2.05) is 26.0 Å². The van der Waals surface area contributed by atoms with E-state index in [1.54, 1.807) is 13.1 Å². The summed E-state index contributed by atoms with van der Waals surface area (Å²) in [5, 5.41) is 6.53. The normalized spacial score (nSPS) is 12.1. The molecule has 0 atom stereocenters. The average molecular weight is 404 g/mol. The van der Waals surface area contributed by atoms with Crippen molar-refractivity contribution >= 4 is 15.8 Å².